The molecule has 78 valence electrons. The average Bonchev–Trinajstić information content (AvgIpc) is 2.28. The second-order valence-corrected chi connectivity index (χ2v) is 3.35. The van der Waals surface area contributed by atoms with Crippen LogP contribution in [0.15, 0.2) is 18.2 Å². The second-order valence-electron chi connectivity index (χ2n) is 2.99. The number of benzene rings is 1. The fraction of sp³-hybridized carbons (Fsp3) is 0.200. The van der Waals surface area contributed by atoms with Crippen molar-refractivity contribution in [1.29, 1.82) is 0 Å². The van der Waals surface area contributed by atoms with Crippen LogP contribution in [0, 0.1) is 0 Å². The number of ether oxygens (including phenoxy) is 1. The van der Waals surface area contributed by atoms with Crippen LogP contribution in [-0.2, 0) is 6.54 Å². The van der Waals surface area contributed by atoms with Gasteiger partial charge in [0.25, 0.3) is 0 Å². The zero-order chi connectivity index (χ0) is 10.8. The first-order chi connectivity index (χ1) is 7.26. The first-order valence-corrected chi connectivity index (χ1v) is 4.83. The van der Waals surface area contributed by atoms with Crippen LogP contribution in [-0.4, -0.2) is 17.1 Å². The van der Waals surface area contributed by atoms with E-state index in [1.54, 1.807) is 7.11 Å². The quantitative estimate of drug-likeness (QED) is 0.788. The van der Waals surface area contributed by atoms with Gasteiger partial charge < -0.3 is 10.5 Å². The molecule has 0 spiro atoms. The fourth-order valence-electron chi connectivity index (χ4n) is 1.39. The minimum absolute atomic E-state index is 0.258. The van der Waals surface area contributed by atoms with Gasteiger partial charge in [0.2, 0.25) is 0 Å². The topological polar surface area (TPSA) is 61.0 Å². The Morgan fingerprint density at radius 1 is 1.40 bits per heavy atom. The van der Waals surface area contributed by atoms with Gasteiger partial charge >= 0.3 is 0 Å². The lowest BCUT2D eigenvalue weighted by atomic mass is 10.2. The van der Waals surface area contributed by atoms with Crippen molar-refractivity contribution in [3.63, 3.8) is 0 Å². The standard InChI is InChI=1S/C10H10ClN3O/c1-15-7-4-2-3-6-9(7)13-8(5-12)14-10(6)11/h2-4H,5,12H2,1H3. The van der Waals surface area contributed by atoms with Gasteiger partial charge in [-0.05, 0) is 12.1 Å². The van der Waals surface area contributed by atoms with E-state index >= 15 is 0 Å². The summed E-state index contributed by atoms with van der Waals surface area (Å²) in [7, 11) is 1.59. The van der Waals surface area contributed by atoms with Crippen LogP contribution in [0.5, 0.6) is 5.75 Å². The molecule has 0 aliphatic carbocycles. The van der Waals surface area contributed by atoms with Crippen molar-refractivity contribution in [2.45, 2.75) is 6.54 Å². The predicted octanol–water partition coefficient (Wildman–Crippen LogP) is 1.75. The summed E-state index contributed by atoms with van der Waals surface area (Å²) in [5.74, 6) is 1.18. The highest BCUT2D eigenvalue weighted by molar-refractivity contribution is 6.34. The highest BCUT2D eigenvalue weighted by atomic mass is 35.5. The molecule has 0 aliphatic rings. The van der Waals surface area contributed by atoms with E-state index in [0.29, 0.717) is 22.2 Å². The van der Waals surface area contributed by atoms with E-state index in [-0.39, 0.29) is 6.54 Å². The van der Waals surface area contributed by atoms with Crippen molar-refractivity contribution in [2.75, 3.05) is 7.11 Å². The van der Waals surface area contributed by atoms with E-state index in [1.165, 1.54) is 0 Å². The highest BCUT2D eigenvalue weighted by Crippen LogP contribution is 2.27. The van der Waals surface area contributed by atoms with Crippen molar-refractivity contribution in [3.05, 3.63) is 29.2 Å². The summed E-state index contributed by atoms with van der Waals surface area (Å²) in [6.45, 7) is 0.258. The molecule has 2 N–H and O–H groups in total. The maximum atomic E-state index is 6.01. The van der Waals surface area contributed by atoms with Gasteiger partial charge in [-0.3, -0.25) is 0 Å². The van der Waals surface area contributed by atoms with Crippen LogP contribution in [0.4, 0.5) is 0 Å². The third-order valence-electron chi connectivity index (χ3n) is 2.09. The maximum Gasteiger partial charge on any atom is 0.145 e. The Morgan fingerprint density at radius 2 is 2.20 bits per heavy atom. The van der Waals surface area contributed by atoms with E-state index in [2.05, 4.69) is 9.97 Å². The molecular weight excluding hydrogens is 214 g/mol. The molecule has 2 rings (SSSR count). The Bertz CT molecular complexity index is 501. The summed E-state index contributed by atoms with van der Waals surface area (Å²) in [6, 6.07) is 5.52. The molecule has 4 nitrogen and oxygen atoms in total. The lowest BCUT2D eigenvalue weighted by molar-refractivity contribution is 0.418. The number of halogens is 1. The van der Waals surface area contributed by atoms with Crippen LogP contribution < -0.4 is 10.5 Å². The average molecular weight is 224 g/mol. The number of hydrogen-bond donors (Lipinski definition) is 1. The monoisotopic (exact) mass is 223 g/mol. The minimum Gasteiger partial charge on any atom is -0.494 e. The van der Waals surface area contributed by atoms with Crippen LogP contribution in [0.25, 0.3) is 10.9 Å². The van der Waals surface area contributed by atoms with Gasteiger partial charge in [0.05, 0.1) is 13.7 Å². The Hall–Kier alpha value is -1.39. The minimum atomic E-state index is 0.258. The van der Waals surface area contributed by atoms with Crippen molar-refractivity contribution < 1.29 is 4.74 Å². The number of fused-ring (bicyclic) bond motifs is 1. The third kappa shape index (κ3) is 1.73. The molecule has 1 aromatic carbocycles. The molecule has 1 heterocycles. The Kier molecular flexibility index (Phi) is 2.70. The first kappa shape index (κ1) is 10.1. The van der Waals surface area contributed by atoms with Gasteiger partial charge in [0.15, 0.2) is 0 Å². The SMILES string of the molecule is COc1cccc2c(Cl)nc(CN)nc12. The lowest BCUT2D eigenvalue weighted by Crippen LogP contribution is -2.04. The molecule has 0 bridgehead atoms. The number of nitrogens with two attached hydrogens (primary N) is 1. The van der Waals surface area contributed by atoms with Gasteiger partial charge in [-0.15, -0.1) is 0 Å². The molecule has 0 aliphatic heterocycles. The van der Waals surface area contributed by atoms with Gasteiger partial charge in [-0.2, -0.15) is 0 Å². The summed E-state index contributed by atoms with van der Waals surface area (Å²) in [5.41, 5.74) is 6.17. The summed E-state index contributed by atoms with van der Waals surface area (Å²) in [6.07, 6.45) is 0. The smallest absolute Gasteiger partial charge is 0.145 e. The molecular formula is C10H10ClN3O. The van der Waals surface area contributed by atoms with Crippen LogP contribution >= 0.6 is 11.6 Å². The number of rotatable bonds is 2. The van der Waals surface area contributed by atoms with Gasteiger partial charge in [0, 0.05) is 5.39 Å². The number of aromatic nitrogens is 2. The van der Waals surface area contributed by atoms with Gasteiger partial charge in [0.1, 0.15) is 22.2 Å². The number of nitrogens with zero attached hydrogens (tertiary/aromatic N) is 2. The highest BCUT2D eigenvalue weighted by Gasteiger charge is 2.08. The molecule has 0 amide bonds. The van der Waals surface area contributed by atoms with Crippen LogP contribution in [0.2, 0.25) is 5.15 Å². The van der Waals surface area contributed by atoms with E-state index in [4.69, 9.17) is 22.1 Å². The molecule has 0 unspecified atom stereocenters. The van der Waals surface area contributed by atoms with Gasteiger partial charge in [-0.1, -0.05) is 17.7 Å². The zero-order valence-corrected chi connectivity index (χ0v) is 8.95. The summed E-state index contributed by atoms with van der Waals surface area (Å²) >= 11 is 6.01. The molecule has 5 heteroatoms. The van der Waals surface area contributed by atoms with Crippen molar-refractivity contribution in [2.24, 2.45) is 5.73 Å². The zero-order valence-electron chi connectivity index (χ0n) is 8.20. The van der Waals surface area contributed by atoms with Crippen molar-refractivity contribution >= 4 is 22.5 Å². The van der Waals surface area contributed by atoms with Crippen molar-refractivity contribution in [3.8, 4) is 5.75 Å². The molecule has 15 heavy (non-hydrogen) atoms. The Balaban J connectivity index is 2.79. The number of methoxy groups -OCH3 is 1. The van der Waals surface area contributed by atoms with E-state index in [1.807, 2.05) is 18.2 Å². The molecule has 0 fully saturated rings. The number of hydrogen-bond acceptors (Lipinski definition) is 4. The molecule has 0 saturated heterocycles. The molecule has 0 atom stereocenters. The summed E-state index contributed by atoms with van der Waals surface area (Å²) in [5, 5.41) is 1.17. The van der Waals surface area contributed by atoms with Crippen LogP contribution in [0.3, 0.4) is 0 Å². The summed E-state index contributed by atoms with van der Waals surface area (Å²) < 4.78 is 5.19. The predicted molar refractivity (Wildman–Crippen MR) is 59.0 cm³/mol. The normalized spacial score (nSPS) is 10.6. The molecule has 0 saturated carbocycles. The van der Waals surface area contributed by atoms with Gasteiger partial charge in [-0.25, -0.2) is 9.97 Å². The molecule has 2 aromatic rings. The van der Waals surface area contributed by atoms with E-state index in [0.717, 1.165) is 5.39 Å². The second kappa shape index (κ2) is 4.00. The molecule has 0 radical (unpaired) electrons. The van der Waals surface area contributed by atoms with Crippen LogP contribution in [0.1, 0.15) is 5.82 Å². The van der Waals surface area contributed by atoms with E-state index in [9.17, 15) is 0 Å². The maximum absolute atomic E-state index is 6.01. The Labute approximate surface area is 92.0 Å². The van der Waals surface area contributed by atoms with Crippen molar-refractivity contribution in [1.82, 2.24) is 9.97 Å². The third-order valence-corrected chi connectivity index (χ3v) is 2.38. The van der Waals surface area contributed by atoms with E-state index < -0.39 is 0 Å². The Morgan fingerprint density at radius 3 is 2.87 bits per heavy atom. The number of para-hydroxylation sites is 1. The fourth-order valence-corrected chi connectivity index (χ4v) is 1.64. The summed E-state index contributed by atoms with van der Waals surface area (Å²) in [4.78, 5) is 8.35. The molecule has 1 aromatic heterocycles. The largest absolute Gasteiger partial charge is 0.494 e. The lowest BCUT2D eigenvalue weighted by Gasteiger charge is -2.06. The first-order valence-electron chi connectivity index (χ1n) is 4.45.